The highest BCUT2D eigenvalue weighted by Crippen LogP contribution is 2.66. The quantitative estimate of drug-likeness (QED) is 0.154. The lowest BCUT2D eigenvalue weighted by Gasteiger charge is -2.37. The molecular formula is C75H49N. The molecule has 0 saturated carbocycles. The summed E-state index contributed by atoms with van der Waals surface area (Å²) in [4.78, 5) is 2.62. The molecule has 354 valence electrons. The molecule has 4 aliphatic rings. The Morgan fingerprint density at radius 1 is 0.197 bits per heavy atom. The molecule has 0 amide bonds. The zero-order valence-corrected chi connectivity index (χ0v) is 41.7. The van der Waals surface area contributed by atoms with Crippen LogP contribution in [0.2, 0.25) is 0 Å². The van der Waals surface area contributed by atoms with Crippen LogP contribution in [-0.2, 0) is 16.2 Å². The molecule has 0 radical (unpaired) electrons. The van der Waals surface area contributed by atoms with Crippen LogP contribution in [0.25, 0.3) is 44.5 Å². The van der Waals surface area contributed by atoms with Crippen LogP contribution in [0.5, 0.6) is 0 Å². The van der Waals surface area contributed by atoms with Gasteiger partial charge in [-0.15, -0.1) is 0 Å². The van der Waals surface area contributed by atoms with E-state index in [0.29, 0.717) is 0 Å². The minimum Gasteiger partial charge on any atom is -0.310 e. The van der Waals surface area contributed by atoms with Crippen LogP contribution in [-0.4, -0.2) is 0 Å². The van der Waals surface area contributed by atoms with Gasteiger partial charge in [0.15, 0.2) is 0 Å². The van der Waals surface area contributed by atoms with Gasteiger partial charge in [-0.25, -0.2) is 0 Å². The summed E-state index contributed by atoms with van der Waals surface area (Å²) in [7, 11) is 0. The first-order valence-electron chi connectivity index (χ1n) is 26.7. The van der Waals surface area contributed by atoms with Crippen molar-refractivity contribution >= 4 is 17.1 Å². The van der Waals surface area contributed by atoms with E-state index in [1.807, 2.05) is 0 Å². The Balaban J connectivity index is 1.03. The summed E-state index contributed by atoms with van der Waals surface area (Å²) in [6, 6.07) is 112. The molecule has 0 aliphatic heterocycles. The average Bonchev–Trinajstić information content (AvgIpc) is 4.31. The summed E-state index contributed by atoms with van der Waals surface area (Å²) >= 11 is 0. The van der Waals surface area contributed by atoms with Crippen molar-refractivity contribution in [1.29, 1.82) is 0 Å². The van der Waals surface area contributed by atoms with Crippen LogP contribution in [0, 0.1) is 0 Å². The molecule has 0 bridgehead atoms. The Labute approximate surface area is 444 Å². The van der Waals surface area contributed by atoms with Gasteiger partial charge in [-0.3, -0.25) is 0 Å². The first-order chi connectivity index (χ1) is 37.7. The first kappa shape index (κ1) is 42.9. The fraction of sp³-hybridized carbons (Fsp3) is 0.0400. The third kappa shape index (κ3) is 5.49. The van der Waals surface area contributed by atoms with E-state index >= 15 is 0 Å². The van der Waals surface area contributed by atoms with Crippen LogP contribution < -0.4 is 4.90 Å². The second-order valence-corrected chi connectivity index (χ2v) is 20.9. The van der Waals surface area contributed by atoms with E-state index in [4.69, 9.17) is 0 Å². The zero-order valence-electron chi connectivity index (χ0n) is 41.7. The lowest BCUT2D eigenvalue weighted by molar-refractivity contribution is 0.767. The first-order valence-corrected chi connectivity index (χ1v) is 26.7. The molecule has 0 atom stereocenters. The van der Waals surface area contributed by atoms with Crippen molar-refractivity contribution in [1.82, 2.24) is 0 Å². The molecule has 0 unspecified atom stereocenters. The van der Waals surface area contributed by atoms with Gasteiger partial charge < -0.3 is 4.90 Å². The Hall–Kier alpha value is -9.56. The molecule has 4 aliphatic carbocycles. The minimum absolute atomic E-state index is 0.529. The lowest BCUT2D eigenvalue weighted by Crippen LogP contribution is -2.29. The summed E-state index contributed by atoms with van der Waals surface area (Å²) in [5.74, 6) is 0. The van der Waals surface area contributed by atoms with E-state index in [9.17, 15) is 0 Å². The topological polar surface area (TPSA) is 3.24 Å². The highest BCUT2D eigenvalue weighted by atomic mass is 15.1. The maximum atomic E-state index is 2.62. The summed E-state index contributed by atoms with van der Waals surface area (Å²) in [5, 5.41) is 0. The molecular weight excluding hydrogens is 915 g/mol. The van der Waals surface area contributed by atoms with Crippen LogP contribution in [0.4, 0.5) is 17.1 Å². The Morgan fingerprint density at radius 3 is 0.974 bits per heavy atom. The van der Waals surface area contributed by atoms with E-state index in [1.165, 1.54) is 111 Å². The normalized spacial score (nSPS) is 14.6. The maximum absolute atomic E-state index is 2.62. The molecule has 0 aromatic heterocycles. The highest BCUT2D eigenvalue weighted by Gasteiger charge is 2.54. The van der Waals surface area contributed by atoms with Crippen molar-refractivity contribution in [2.24, 2.45) is 0 Å². The fourth-order valence-corrected chi connectivity index (χ4v) is 14.9. The monoisotopic (exact) mass is 963 g/mol. The van der Waals surface area contributed by atoms with Gasteiger partial charge in [0.05, 0.1) is 21.9 Å². The van der Waals surface area contributed by atoms with Gasteiger partial charge in [-0.2, -0.15) is 0 Å². The standard InChI is InChI=1S/C75H49N/c1-5-24-50(25-6-1)73(51-26-7-2-8-27-51)65-39-19-17-36-60(65)63-48-54(45-47-69(63)73)76(55-44-46-61-58-34-13-18-38-64(58)74(70(61)49-55,52-28-9-3-10-29-52)53-30-11-4-12-31-53)71-43-23-37-62-59-35-16-22-42-68(59)75(72(62)71)66-40-20-14-32-56(66)57-33-15-21-41-67(57)75/h1-49H. The van der Waals surface area contributed by atoms with Crippen LogP contribution in [0.1, 0.15) is 66.8 Å². The van der Waals surface area contributed by atoms with E-state index in [0.717, 1.165) is 17.1 Å². The molecule has 1 spiro atoms. The Morgan fingerprint density at radius 2 is 0.513 bits per heavy atom. The smallest absolute Gasteiger partial charge is 0.0746 e. The van der Waals surface area contributed by atoms with Gasteiger partial charge in [0.1, 0.15) is 0 Å². The molecule has 76 heavy (non-hydrogen) atoms. The Kier molecular flexibility index (Phi) is 9.15. The zero-order chi connectivity index (χ0) is 50.0. The van der Waals surface area contributed by atoms with Crippen LogP contribution in [0.15, 0.2) is 297 Å². The summed E-state index contributed by atoms with van der Waals surface area (Å²) < 4.78 is 0. The minimum atomic E-state index is -0.586. The van der Waals surface area contributed by atoms with Crippen molar-refractivity contribution in [3.05, 3.63) is 364 Å². The van der Waals surface area contributed by atoms with E-state index < -0.39 is 16.2 Å². The van der Waals surface area contributed by atoms with Crippen molar-refractivity contribution in [2.45, 2.75) is 16.2 Å². The fourth-order valence-electron chi connectivity index (χ4n) is 14.9. The van der Waals surface area contributed by atoms with Crippen LogP contribution >= 0.6 is 0 Å². The molecule has 16 rings (SSSR count). The lowest BCUT2D eigenvalue weighted by atomic mass is 9.67. The van der Waals surface area contributed by atoms with Gasteiger partial charge in [0.25, 0.3) is 0 Å². The SMILES string of the molecule is c1ccc(C2(c3ccccc3)c3ccccc3-c3cc(N(c4ccc5c(c4)C(c4ccccc4)(c4ccccc4)c4ccccc4-5)c4cccc5c4C4(c6ccccc6-c6ccccc64)c4ccccc4-5)ccc32)cc1. The summed E-state index contributed by atoms with van der Waals surface area (Å²) in [5.41, 5.74) is 27.2. The average molecular weight is 964 g/mol. The van der Waals surface area contributed by atoms with Gasteiger partial charge in [-0.05, 0) is 136 Å². The number of hydrogen-bond acceptors (Lipinski definition) is 1. The number of rotatable bonds is 7. The maximum Gasteiger partial charge on any atom is 0.0746 e. The third-order valence-corrected chi connectivity index (χ3v) is 17.6. The van der Waals surface area contributed by atoms with Crippen molar-refractivity contribution < 1.29 is 0 Å². The summed E-state index contributed by atoms with van der Waals surface area (Å²) in [6.45, 7) is 0. The van der Waals surface area contributed by atoms with Crippen molar-refractivity contribution in [2.75, 3.05) is 4.90 Å². The molecule has 0 heterocycles. The predicted octanol–water partition coefficient (Wildman–Crippen LogP) is 18.2. The van der Waals surface area contributed by atoms with E-state index in [2.05, 4.69) is 302 Å². The van der Waals surface area contributed by atoms with Gasteiger partial charge >= 0.3 is 0 Å². The van der Waals surface area contributed by atoms with E-state index in [1.54, 1.807) is 0 Å². The van der Waals surface area contributed by atoms with Crippen LogP contribution in [0.3, 0.4) is 0 Å². The number of anilines is 3. The van der Waals surface area contributed by atoms with Crippen molar-refractivity contribution in [3.8, 4) is 44.5 Å². The van der Waals surface area contributed by atoms with Crippen molar-refractivity contribution in [3.63, 3.8) is 0 Å². The molecule has 0 N–H and O–H groups in total. The predicted molar refractivity (Wildman–Crippen MR) is 312 cm³/mol. The molecule has 0 saturated heterocycles. The van der Waals surface area contributed by atoms with Gasteiger partial charge in [-0.1, -0.05) is 267 Å². The molecule has 12 aromatic carbocycles. The summed E-state index contributed by atoms with van der Waals surface area (Å²) in [6.07, 6.45) is 0. The highest BCUT2D eigenvalue weighted by molar-refractivity contribution is 6.01. The Bertz CT molecular complexity index is 4140. The molecule has 12 aromatic rings. The number of hydrogen-bond donors (Lipinski definition) is 0. The number of benzene rings is 12. The van der Waals surface area contributed by atoms with E-state index in [-0.39, 0.29) is 0 Å². The largest absolute Gasteiger partial charge is 0.310 e. The number of nitrogens with zero attached hydrogens (tertiary/aromatic N) is 1. The molecule has 1 nitrogen and oxygen atoms in total. The molecule has 0 fully saturated rings. The third-order valence-electron chi connectivity index (χ3n) is 17.6. The van der Waals surface area contributed by atoms with Gasteiger partial charge in [0, 0.05) is 16.9 Å². The second-order valence-electron chi connectivity index (χ2n) is 20.9. The second kappa shape index (κ2) is 16.2. The van der Waals surface area contributed by atoms with Gasteiger partial charge in [0.2, 0.25) is 0 Å². The number of fused-ring (bicyclic) bond motifs is 16. The molecule has 1 heteroatoms.